The molecule has 0 atom stereocenters. The average Bonchev–Trinajstić information content (AvgIpc) is 2.98. The molecular weight excluding hydrogens is 232 g/mol. The molecule has 0 aromatic carbocycles. The number of nitrogens with zero attached hydrogens (tertiary/aromatic N) is 1. The fourth-order valence-electron chi connectivity index (χ4n) is 1.65. The molecule has 0 spiro atoms. The normalized spacial score (nSPS) is 10.5. The van der Waals surface area contributed by atoms with E-state index in [1.807, 2.05) is 25.1 Å². The summed E-state index contributed by atoms with van der Waals surface area (Å²) in [5.41, 5.74) is 0.860. The van der Waals surface area contributed by atoms with Gasteiger partial charge in [0.1, 0.15) is 11.5 Å². The summed E-state index contributed by atoms with van der Waals surface area (Å²) in [5.74, 6) is 1.64. The number of furan rings is 1. The quantitative estimate of drug-likeness (QED) is 0.847. The molecule has 18 heavy (non-hydrogen) atoms. The lowest BCUT2D eigenvalue weighted by Gasteiger charge is -2.02. The Hall–Kier alpha value is -2.04. The summed E-state index contributed by atoms with van der Waals surface area (Å²) in [6.07, 6.45) is 3.36. The molecule has 0 aliphatic carbocycles. The first-order valence-corrected chi connectivity index (χ1v) is 5.95. The van der Waals surface area contributed by atoms with Gasteiger partial charge in [-0.1, -0.05) is 5.16 Å². The largest absolute Gasteiger partial charge is 0.469 e. The fraction of sp³-hybridized carbons (Fsp3) is 0.385. The van der Waals surface area contributed by atoms with Crippen molar-refractivity contribution >= 4 is 5.91 Å². The van der Waals surface area contributed by atoms with Gasteiger partial charge in [0.15, 0.2) is 0 Å². The average molecular weight is 248 g/mol. The highest BCUT2D eigenvalue weighted by Crippen LogP contribution is 2.04. The van der Waals surface area contributed by atoms with Crippen LogP contribution in [0.5, 0.6) is 0 Å². The number of aromatic nitrogens is 1. The molecule has 0 unspecified atom stereocenters. The number of aryl methyl sites for hydroxylation is 2. The highest BCUT2D eigenvalue weighted by atomic mass is 16.5. The molecule has 0 fully saturated rings. The first-order valence-electron chi connectivity index (χ1n) is 5.95. The minimum atomic E-state index is 0.0200. The Balaban J connectivity index is 1.63. The summed E-state index contributed by atoms with van der Waals surface area (Å²) in [5, 5.41) is 6.70. The molecule has 2 rings (SSSR count). The van der Waals surface area contributed by atoms with E-state index in [9.17, 15) is 4.79 Å². The smallest absolute Gasteiger partial charge is 0.220 e. The van der Waals surface area contributed by atoms with Crippen molar-refractivity contribution in [2.75, 3.05) is 6.54 Å². The van der Waals surface area contributed by atoms with Crippen molar-refractivity contribution in [3.63, 3.8) is 0 Å². The van der Waals surface area contributed by atoms with Crippen molar-refractivity contribution in [1.82, 2.24) is 10.5 Å². The molecule has 2 aromatic heterocycles. The SMILES string of the molecule is Cc1cc(CCNC(=O)CCc2ccco2)no1. The van der Waals surface area contributed by atoms with E-state index in [1.54, 1.807) is 6.26 Å². The van der Waals surface area contributed by atoms with Gasteiger partial charge in [0.2, 0.25) is 5.91 Å². The summed E-state index contributed by atoms with van der Waals surface area (Å²) in [4.78, 5) is 11.5. The van der Waals surface area contributed by atoms with Crippen molar-refractivity contribution < 1.29 is 13.7 Å². The maximum atomic E-state index is 11.5. The molecule has 1 amide bonds. The summed E-state index contributed by atoms with van der Waals surface area (Å²) >= 11 is 0. The van der Waals surface area contributed by atoms with E-state index >= 15 is 0 Å². The Bertz CT molecular complexity index is 488. The summed E-state index contributed by atoms with van der Waals surface area (Å²) < 4.78 is 10.1. The minimum absolute atomic E-state index is 0.0200. The molecule has 0 saturated carbocycles. The van der Waals surface area contributed by atoms with E-state index in [1.165, 1.54) is 0 Å². The second-order valence-corrected chi connectivity index (χ2v) is 4.11. The lowest BCUT2D eigenvalue weighted by atomic mass is 10.2. The number of nitrogens with one attached hydrogen (secondary N) is 1. The van der Waals surface area contributed by atoms with Crippen LogP contribution >= 0.6 is 0 Å². The van der Waals surface area contributed by atoms with E-state index in [0.29, 0.717) is 25.8 Å². The highest BCUT2D eigenvalue weighted by Gasteiger charge is 2.05. The third-order valence-electron chi connectivity index (χ3n) is 2.56. The molecule has 2 heterocycles. The van der Waals surface area contributed by atoms with Crippen molar-refractivity contribution in [3.8, 4) is 0 Å². The Morgan fingerprint density at radius 3 is 3.00 bits per heavy atom. The van der Waals surface area contributed by atoms with Crippen LogP contribution in [0.1, 0.15) is 23.6 Å². The van der Waals surface area contributed by atoms with Crippen molar-refractivity contribution in [2.24, 2.45) is 0 Å². The molecule has 2 aromatic rings. The summed E-state index contributed by atoms with van der Waals surface area (Å²) in [6, 6.07) is 5.56. The lowest BCUT2D eigenvalue weighted by Crippen LogP contribution is -2.25. The van der Waals surface area contributed by atoms with E-state index in [-0.39, 0.29) is 5.91 Å². The second-order valence-electron chi connectivity index (χ2n) is 4.11. The highest BCUT2D eigenvalue weighted by molar-refractivity contribution is 5.76. The number of carbonyl (C=O) groups excluding carboxylic acids is 1. The molecular formula is C13H16N2O3. The second kappa shape index (κ2) is 6.05. The minimum Gasteiger partial charge on any atom is -0.469 e. The molecule has 5 heteroatoms. The van der Waals surface area contributed by atoms with Gasteiger partial charge in [-0.25, -0.2) is 0 Å². The van der Waals surface area contributed by atoms with Crippen LogP contribution in [0, 0.1) is 6.92 Å². The van der Waals surface area contributed by atoms with Crippen LogP contribution in [0.4, 0.5) is 0 Å². The van der Waals surface area contributed by atoms with Gasteiger partial charge >= 0.3 is 0 Å². The van der Waals surface area contributed by atoms with Crippen LogP contribution in [0.2, 0.25) is 0 Å². The van der Waals surface area contributed by atoms with Crippen LogP contribution < -0.4 is 5.32 Å². The zero-order chi connectivity index (χ0) is 12.8. The third kappa shape index (κ3) is 3.76. The van der Waals surface area contributed by atoms with E-state index in [4.69, 9.17) is 8.94 Å². The maximum absolute atomic E-state index is 11.5. The number of amides is 1. The van der Waals surface area contributed by atoms with Gasteiger partial charge in [-0.05, 0) is 19.1 Å². The molecule has 5 nitrogen and oxygen atoms in total. The first kappa shape index (κ1) is 12.4. The zero-order valence-electron chi connectivity index (χ0n) is 10.3. The van der Waals surface area contributed by atoms with Crippen molar-refractivity contribution in [3.05, 3.63) is 41.7 Å². The Kier molecular flexibility index (Phi) is 4.17. The predicted octanol–water partition coefficient (Wildman–Crippen LogP) is 1.87. The van der Waals surface area contributed by atoms with E-state index in [2.05, 4.69) is 10.5 Å². The molecule has 0 radical (unpaired) electrons. The van der Waals surface area contributed by atoms with Gasteiger partial charge < -0.3 is 14.3 Å². The Labute approximate surface area is 105 Å². The van der Waals surface area contributed by atoms with Crippen molar-refractivity contribution in [2.45, 2.75) is 26.2 Å². The van der Waals surface area contributed by atoms with Gasteiger partial charge in [-0.15, -0.1) is 0 Å². The van der Waals surface area contributed by atoms with E-state index in [0.717, 1.165) is 17.2 Å². The molecule has 0 saturated heterocycles. The molecule has 0 aliphatic rings. The van der Waals surface area contributed by atoms with Gasteiger partial charge in [-0.3, -0.25) is 4.79 Å². The Morgan fingerprint density at radius 2 is 2.33 bits per heavy atom. The topological polar surface area (TPSA) is 68.3 Å². The number of hydrogen-bond acceptors (Lipinski definition) is 4. The van der Waals surface area contributed by atoms with Crippen LogP contribution in [-0.2, 0) is 17.6 Å². The van der Waals surface area contributed by atoms with Crippen molar-refractivity contribution in [1.29, 1.82) is 0 Å². The predicted molar refractivity (Wildman–Crippen MR) is 65.0 cm³/mol. The van der Waals surface area contributed by atoms with Crippen LogP contribution in [-0.4, -0.2) is 17.6 Å². The van der Waals surface area contributed by atoms with Gasteiger partial charge in [0.25, 0.3) is 0 Å². The number of hydrogen-bond donors (Lipinski definition) is 1. The number of rotatable bonds is 6. The van der Waals surface area contributed by atoms with E-state index < -0.39 is 0 Å². The molecule has 0 bridgehead atoms. The molecule has 0 aliphatic heterocycles. The van der Waals surface area contributed by atoms with Gasteiger partial charge in [-0.2, -0.15) is 0 Å². The standard InChI is InChI=1S/C13H16N2O3/c1-10-9-11(15-18-10)6-7-14-13(16)5-4-12-3-2-8-17-12/h2-3,8-9H,4-7H2,1H3,(H,14,16). The first-order chi connectivity index (χ1) is 8.74. The van der Waals surface area contributed by atoms with Gasteiger partial charge in [0.05, 0.1) is 12.0 Å². The molecule has 96 valence electrons. The molecule has 1 N–H and O–H groups in total. The lowest BCUT2D eigenvalue weighted by molar-refractivity contribution is -0.121. The monoisotopic (exact) mass is 248 g/mol. The van der Waals surface area contributed by atoms with Gasteiger partial charge in [0, 0.05) is 31.9 Å². The Morgan fingerprint density at radius 1 is 1.44 bits per heavy atom. The zero-order valence-corrected chi connectivity index (χ0v) is 10.3. The fourth-order valence-corrected chi connectivity index (χ4v) is 1.65. The summed E-state index contributed by atoms with van der Waals surface area (Å²) in [7, 11) is 0. The summed E-state index contributed by atoms with van der Waals surface area (Å²) in [6.45, 7) is 2.42. The third-order valence-corrected chi connectivity index (χ3v) is 2.56. The van der Waals surface area contributed by atoms with Crippen LogP contribution in [0.3, 0.4) is 0 Å². The number of carbonyl (C=O) groups is 1. The maximum Gasteiger partial charge on any atom is 0.220 e. The van der Waals surface area contributed by atoms with Crippen LogP contribution in [0.15, 0.2) is 33.4 Å². The van der Waals surface area contributed by atoms with Crippen LogP contribution in [0.25, 0.3) is 0 Å².